The summed E-state index contributed by atoms with van der Waals surface area (Å²) in [7, 11) is 0. The highest BCUT2D eigenvalue weighted by molar-refractivity contribution is 5.85. The van der Waals surface area contributed by atoms with E-state index < -0.39 is 24.2 Å². The van der Waals surface area contributed by atoms with Crippen molar-refractivity contribution in [3.05, 3.63) is 0 Å². The normalized spacial score (nSPS) is 28.0. The molecule has 4 nitrogen and oxygen atoms in total. The number of carbonyl (C=O) groups is 1. The average molecular weight is 281 g/mol. The smallest absolute Gasteiger partial charge is 0.368 e. The molecule has 0 aromatic rings. The molecular formula is C12H22F3N3O. The van der Waals surface area contributed by atoms with Crippen LogP contribution in [-0.2, 0) is 4.79 Å². The van der Waals surface area contributed by atoms with Crippen LogP contribution in [0.15, 0.2) is 0 Å². The first-order valence-corrected chi connectivity index (χ1v) is 6.57. The first-order chi connectivity index (χ1) is 8.69. The van der Waals surface area contributed by atoms with Crippen LogP contribution in [0.1, 0.15) is 32.6 Å². The molecular weight excluding hydrogens is 259 g/mol. The summed E-state index contributed by atoms with van der Waals surface area (Å²) in [5.41, 5.74) is 10.2. The number of primary amides is 1. The predicted molar refractivity (Wildman–Crippen MR) is 66.2 cm³/mol. The second kappa shape index (κ2) is 6.09. The lowest BCUT2D eigenvalue weighted by Crippen LogP contribution is -2.55. The number of rotatable bonds is 6. The van der Waals surface area contributed by atoms with Crippen molar-refractivity contribution >= 4 is 5.91 Å². The molecule has 2 atom stereocenters. The number of halogens is 3. The Morgan fingerprint density at radius 2 is 2.11 bits per heavy atom. The Kier molecular flexibility index (Phi) is 5.20. The zero-order valence-electron chi connectivity index (χ0n) is 11.2. The zero-order valence-corrected chi connectivity index (χ0v) is 11.2. The van der Waals surface area contributed by atoms with Crippen LogP contribution in [0.2, 0.25) is 0 Å². The first kappa shape index (κ1) is 16.2. The highest BCUT2D eigenvalue weighted by atomic mass is 19.4. The molecule has 112 valence electrons. The Hall–Kier alpha value is -0.820. The Morgan fingerprint density at radius 3 is 2.58 bits per heavy atom. The fourth-order valence-corrected chi connectivity index (χ4v) is 2.77. The summed E-state index contributed by atoms with van der Waals surface area (Å²) >= 11 is 0. The largest absolute Gasteiger partial charge is 0.401 e. The summed E-state index contributed by atoms with van der Waals surface area (Å²) in [5, 5.41) is 0. The van der Waals surface area contributed by atoms with E-state index in [2.05, 4.69) is 0 Å². The van der Waals surface area contributed by atoms with E-state index in [1.807, 2.05) is 0 Å². The van der Waals surface area contributed by atoms with Crippen LogP contribution in [0.4, 0.5) is 13.2 Å². The van der Waals surface area contributed by atoms with Gasteiger partial charge >= 0.3 is 6.18 Å². The Labute approximate surface area is 111 Å². The molecule has 0 spiro atoms. The molecule has 1 fully saturated rings. The van der Waals surface area contributed by atoms with Gasteiger partial charge in [-0.2, -0.15) is 13.2 Å². The van der Waals surface area contributed by atoms with Gasteiger partial charge < -0.3 is 11.5 Å². The standard InChI is InChI=1S/C12H22F3N3O/c1-2-18(8-12(13,14)15)7-5-9-4-3-6-11(9,17)10(16)19/h9H,2-8,17H2,1H3,(H2,16,19). The van der Waals surface area contributed by atoms with Crippen molar-refractivity contribution in [2.75, 3.05) is 19.6 Å². The lowest BCUT2D eigenvalue weighted by molar-refractivity contribution is -0.146. The topological polar surface area (TPSA) is 72.3 Å². The van der Waals surface area contributed by atoms with Gasteiger partial charge in [-0.05, 0) is 38.3 Å². The van der Waals surface area contributed by atoms with Crippen molar-refractivity contribution < 1.29 is 18.0 Å². The minimum atomic E-state index is -4.20. The first-order valence-electron chi connectivity index (χ1n) is 6.57. The molecule has 2 unspecified atom stereocenters. The lowest BCUT2D eigenvalue weighted by Gasteiger charge is -2.30. The van der Waals surface area contributed by atoms with Crippen molar-refractivity contribution in [3.63, 3.8) is 0 Å². The molecule has 1 amide bonds. The van der Waals surface area contributed by atoms with E-state index in [9.17, 15) is 18.0 Å². The Bertz CT molecular complexity index is 322. The van der Waals surface area contributed by atoms with Gasteiger partial charge in [0.25, 0.3) is 0 Å². The van der Waals surface area contributed by atoms with Crippen molar-refractivity contribution in [1.82, 2.24) is 4.90 Å². The van der Waals surface area contributed by atoms with Crippen LogP contribution >= 0.6 is 0 Å². The number of amides is 1. The Morgan fingerprint density at radius 1 is 1.47 bits per heavy atom. The maximum Gasteiger partial charge on any atom is 0.401 e. The van der Waals surface area contributed by atoms with E-state index in [0.717, 1.165) is 12.8 Å². The van der Waals surface area contributed by atoms with Gasteiger partial charge in [0.2, 0.25) is 5.91 Å². The zero-order chi connectivity index (χ0) is 14.7. The SMILES string of the molecule is CCN(CCC1CCCC1(N)C(N)=O)CC(F)(F)F. The molecule has 1 saturated carbocycles. The molecule has 4 N–H and O–H groups in total. The lowest BCUT2D eigenvalue weighted by atomic mass is 9.85. The highest BCUT2D eigenvalue weighted by Crippen LogP contribution is 2.36. The highest BCUT2D eigenvalue weighted by Gasteiger charge is 2.44. The van der Waals surface area contributed by atoms with Gasteiger partial charge in [0.05, 0.1) is 12.1 Å². The second-order valence-corrected chi connectivity index (χ2v) is 5.27. The summed E-state index contributed by atoms with van der Waals surface area (Å²) < 4.78 is 37.0. The minimum Gasteiger partial charge on any atom is -0.368 e. The molecule has 19 heavy (non-hydrogen) atoms. The van der Waals surface area contributed by atoms with Gasteiger partial charge in [-0.1, -0.05) is 13.3 Å². The van der Waals surface area contributed by atoms with Crippen LogP contribution < -0.4 is 11.5 Å². The predicted octanol–water partition coefficient (Wildman–Crippen LogP) is 1.24. The van der Waals surface area contributed by atoms with Gasteiger partial charge in [0, 0.05) is 0 Å². The molecule has 1 aliphatic rings. The number of nitrogens with two attached hydrogens (primary N) is 2. The third kappa shape index (κ3) is 4.35. The van der Waals surface area contributed by atoms with Crippen molar-refractivity contribution in [2.24, 2.45) is 17.4 Å². The molecule has 7 heteroatoms. The monoisotopic (exact) mass is 281 g/mol. The fraction of sp³-hybridized carbons (Fsp3) is 0.917. The molecule has 0 bridgehead atoms. The van der Waals surface area contributed by atoms with E-state index >= 15 is 0 Å². The number of alkyl halides is 3. The summed E-state index contributed by atoms with van der Waals surface area (Å²) in [6.07, 6.45) is -1.64. The van der Waals surface area contributed by atoms with E-state index in [0.29, 0.717) is 19.4 Å². The molecule has 0 aromatic heterocycles. The van der Waals surface area contributed by atoms with Gasteiger partial charge in [-0.3, -0.25) is 9.69 Å². The molecule has 0 saturated heterocycles. The maximum atomic E-state index is 12.3. The number of hydrogen-bond acceptors (Lipinski definition) is 3. The van der Waals surface area contributed by atoms with E-state index in [-0.39, 0.29) is 12.5 Å². The summed E-state index contributed by atoms with van der Waals surface area (Å²) in [4.78, 5) is 12.7. The van der Waals surface area contributed by atoms with Crippen LogP contribution in [0.5, 0.6) is 0 Å². The van der Waals surface area contributed by atoms with E-state index in [4.69, 9.17) is 11.5 Å². The number of hydrogen-bond donors (Lipinski definition) is 2. The van der Waals surface area contributed by atoms with E-state index in [1.165, 1.54) is 4.90 Å². The van der Waals surface area contributed by atoms with Crippen LogP contribution in [-0.4, -0.2) is 42.2 Å². The molecule has 0 aromatic carbocycles. The van der Waals surface area contributed by atoms with Gasteiger partial charge in [-0.15, -0.1) is 0 Å². The summed E-state index contributed by atoms with van der Waals surface area (Å²) in [5.74, 6) is -0.666. The minimum absolute atomic E-state index is 0.118. The molecule has 0 radical (unpaired) electrons. The maximum absolute atomic E-state index is 12.3. The molecule has 0 aliphatic heterocycles. The summed E-state index contributed by atoms with van der Waals surface area (Å²) in [6.45, 7) is 1.36. The van der Waals surface area contributed by atoms with Crippen molar-refractivity contribution in [2.45, 2.75) is 44.3 Å². The fourth-order valence-electron chi connectivity index (χ4n) is 2.77. The second-order valence-electron chi connectivity index (χ2n) is 5.27. The summed E-state index contributed by atoms with van der Waals surface area (Å²) in [6, 6.07) is 0. The number of carbonyl (C=O) groups excluding carboxylic acids is 1. The van der Waals surface area contributed by atoms with Gasteiger partial charge in [0.1, 0.15) is 0 Å². The third-order valence-electron chi connectivity index (χ3n) is 3.97. The van der Waals surface area contributed by atoms with Crippen molar-refractivity contribution in [3.8, 4) is 0 Å². The third-order valence-corrected chi connectivity index (χ3v) is 3.97. The van der Waals surface area contributed by atoms with Crippen molar-refractivity contribution in [1.29, 1.82) is 0 Å². The van der Waals surface area contributed by atoms with Crippen LogP contribution in [0.3, 0.4) is 0 Å². The van der Waals surface area contributed by atoms with Gasteiger partial charge in [-0.25, -0.2) is 0 Å². The molecule has 0 heterocycles. The molecule has 1 aliphatic carbocycles. The van der Waals surface area contributed by atoms with Crippen LogP contribution in [0.25, 0.3) is 0 Å². The quantitative estimate of drug-likeness (QED) is 0.769. The number of nitrogens with zero attached hydrogens (tertiary/aromatic N) is 1. The Balaban J connectivity index is 2.53. The molecule has 1 rings (SSSR count). The van der Waals surface area contributed by atoms with Gasteiger partial charge in [0.15, 0.2) is 0 Å². The van der Waals surface area contributed by atoms with E-state index in [1.54, 1.807) is 6.92 Å². The van der Waals surface area contributed by atoms with Crippen LogP contribution in [0, 0.1) is 5.92 Å². The average Bonchev–Trinajstić information content (AvgIpc) is 2.66.